The Bertz CT molecular complexity index is 1020. The van der Waals surface area contributed by atoms with Gasteiger partial charge in [0.25, 0.3) is 0 Å². The number of nitrogens with zero attached hydrogens (tertiary/aromatic N) is 2. The molecule has 0 saturated carbocycles. The molecule has 8 nitrogen and oxygen atoms in total. The first-order valence-corrected chi connectivity index (χ1v) is 12.3. The van der Waals surface area contributed by atoms with Gasteiger partial charge in [-0.05, 0) is 42.0 Å². The number of piperazine rings is 1. The Morgan fingerprint density at radius 2 is 1.60 bits per heavy atom. The smallest absolute Gasteiger partial charge is 0.407 e. The number of ether oxygens (including phenoxy) is 1. The van der Waals surface area contributed by atoms with E-state index in [2.05, 4.69) is 29.6 Å². The molecule has 2 aromatic carbocycles. The molecule has 2 aliphatic rings. The van der Waals surface area contributed by atoms with E-state index in [1.54, 1.807) is 4.90 Å². The molecule has 0 radical (unpaired) electrons. The molecule has 35 heavy (non-hydrogen) atoms. The van der Waals surface area contributed by atoms with E-state index in [1.807, 2.05) is 36.1 Å². The van der Waals surface area contributed by atoms with Crippen LogP contribution in [0.5, 0.6) is 0 Å². The van der Waals surface area contributed by atoms with Gasteiger partial charge < -0.3 is 20.1 Å². The average Bonchev–Trinajstić information content (AvgIpc) is 3.16. The number of hydrogen-bond donors (Lipinski definition) is 2. The van der Waals surface area contributed by atoms with Crippen LogP contribution in [0.4, 0.5) is 4.79 Å². The van der Waals surface area contributed by atoms with E-state index < -0.39 is 12.1 Å². The zero-order valence-electron chi connectivity index (χ0n) is 20.1. The summed E-state index contributed by atoms with van der Waals surface area (Å²) in [5.41, 5.74) is 4.74. The zero-order chi connectivity index (χ0) is 24.8. The molecule has 4 rings (SSSR count). The number of carbonyl (C=O) groups excluding carboxylic acids is 2. The first-order chi connectivity index (χ1) is 16.9. The van der Waals surface area contributed by atoms with Gasteiger partial charge in [0.2, 0.25) is 5.91 Å². The predicted octanol–water partition coefficient (Wildman–Crippen LogP) is 3.31. The van der Waals surface area contributed by atoms with Crippen molar-refractivity contribution < 1.29 is 24.2 Å². The third-order valence-corrected chi connectivity index (χ3v) is 6.82. The number of carboxylic acid groups (broad SMARTS) is 1. The second-order valence-corrected chi connectivity index (χ2v) is 9.31. The maximum absolute atomic E-state index is 12.5. The van der Waals surface area contributed by atoms with Crippen LogP contribution in [0, 0.1) is 0 Å². The minimum absolute atomic E-state index is 0.0150. The summed E-state index contributed by atoms with van der Waals surface area (Å²) < 4.78 is 5.60. The molecule has 1 atom stereocenters. The van der Waals surface area contributed by atoms with Gasteiger partial charge in [0.05, 0.1) is 6.54 Å². The van der Waals surface area contributed by atoms with E-state index in [-0.39, 0.29) is 31.0 Å². The van der Waals surface area contributed by atoms with E-state index in [0.29, 0.717) is 45.4 Å². The lowest BCUT2D eigenvalue weighted by Crippen LogP contribution is -2.49. The van der Waals surface area contributed by atoms with Gasteiger partial charge in [-0.3, -0.25) is 14.5 Å². The van der Waals surface area contributed by atoms with Crippen LogP contribution in [0.25, 0.3) is 11.1 Å². The summed E-state index contributed by atoms with van der Waals surface area (Å²) >= 11 is 0. The number of carboxylic acids is 1. The van der Waals surface area contributed by atoms with Gasteiger partial charge in [0.1, 0.15) is 6.61 Å². The molecule has 1 heterocycles. The summed E-state index contributed by atoms with van der Waals surface area (Å²) in [6.45, 7) is 4.48. The molecule has 0 spiro atoms. The Kier molecular flexibility index (Phi) is 8.02. The van der Waals surface area contributed by atoms with Gasteiger partial charge in [-0.15, -0.1) is 0 Å². The second-order valence-electron chi connectivity index (χ2n) is 9.31. The molecule has 2 aromatic rings. The summed E-state index contributed by atoms with van der Waals surface area (Å²) in [6, 6.07) is 16.4. The zero-order valence-corrected chi connectivity index (χ0v) is 20.1. The molecule has 2 N–H and O–H groups in total. The molecule has 186 valence electrons. The topological polar surface area (TPSA) is 99.2 Å². The molecule has 1 fully saturated rings. The lowest BCUT2D eigenvalue weighted by atomic mass is 9.98. The van der Waals surface area contributed by atoms with Crippen molar-refractivity contribution in [2.45, 2.75) is 38.1 Å². The molecule has 1 aliphatic heterocycles. The SMILES string of the molecule is CC(CCCC(=O)N1CCN(CC(=O)O)CC1)NC(=O)OCC1c2ccccc2-c2ccccc21. The van der Waals surface area contributed by atoms with Crippen LogP contribution in [0.2, 0.25) is 0 Å². The Morgan fingerprint density at radius 1 is 1.00 bits per heavy atom. The van der Waals surface area contributed by atoms with Gasteiger partial charge in [-0.25, -0.2) is 4.79 Å². The fourth-order valence-corrected chi connectivity index (χ4v) is 4.98. The van der Waals surface area contributed by atoms with Crippen LogP contribution in [0.1, 0.15) is 43.2 Å². The third-order valence-electron chi connectivity index (χ3n) is 6.82. The molecule has 0 aromatic heterocycles. The van der Waals surface area contributed by atoms with Crippen LogP contribution in [0.15, 0.2) is 48.5 Å². The highest BCUT2D eigenvalue weighted by molar-refractivity contribution is 5.79. The number of fused-ring (bicyclic) bond motifs is 3. The second kappa shape index (κ2) is 11.4. The van der Waals surface area contributed by atoms with Crippen molar-refractivity contribution in [3.05, 3.63) is 59.7 Å². The number of rotatable bonds is 9. The first-order valence-electron chi connectivity index (χ1n) is 12.3. The quantitative estimate of drug-likeness (QED) is 0.573. The number of benzene rings is 2. The van der Waals surface area contributed by atoms with E-state index in [1.165, 1.54) is 22.3 Å². The summed E-state index contributed by atoms with van der Waals surface area (Å²) in [5.74, 6) is -0.743. The van der Waals surface area contributed by atoms with Gasteiger partial charge >= 0.3 is 12.1 Å². The lowest BCUT2D eigenvalue weighted by Gasteiger charge is -2.34. The van der Waals surface area contributed by atoms with E-state index >= 15 is 0 Å². The van der Waals surface area contributed by atoms with Crippen LogP contribution in [-0.2, 0) is 14.3 Å². The van der Waals surface area contributed by atoms with Crippen molar-refractivity contribution in [1.82, 2.24) is 15.1 Å². The summed E-state index contributed by atoms with van der Waals surface area (Å²) in [5, 5.41) is 11.8. The highest BCUT2D eigenvalue weighted by Crippen LogP contribution is 2.44. The van der Waals surface area contributed by atoms with Gasteiger partial charge in [0, 0.05) is 44.6 Å². The number of aliphatic carboxylic acids is 1. The highest BCUT2D eigenvalue weighted by atomic mass is 16.5. The number of nitrogens with one attached hydrogen (secondary N) is 1. The monoisotopic (exact) mass is 479 g/mol. The summed E-state index contributed by atoms with van der Waals surface area (Å²) in [6.07, 6.45) is 1.31. The molecule has 1 unspecified atom stereocenters. The lowest BCUT2D eigenvalue weighted by molar-refractivity contribution is -0.139. The summed E-state index contributed by atoms with van der Waals surface area (Å²) in [4.78, 5) is 39.3. The highest BCUT2D eigenvalue weighted by Gasteiger charge is 2.29. The van der Waals surface area contributed by atoms with Gasteiger partial charge in [0.15, 0.2) is 0 Å². The number of amides is 2. The van der Waals surface area contributed by atoms with E-state index in [9.17, 15) is 14.4 Å². The van der Waals surface area contributed by atoms with Crippen LogP contribution in [0.3, 0.4) is 0 Å². The third kappa shape index (κ3) is 6.19. The van der Waals surface area contributed by atoms with Crippen molar-refractivity contribution >= 4 is 18.0 Å². The van der Waals surface area contributed by atoms with Gasteiger partial charge in [-0.2, -0.15) is 0 Å². The normalized spacial score (nSPS) is 16.3. The molecule has 8 heteroatoms. The molecule has 1 aliphatic carbocycles. The Labute approximate surface area is 205 Å². The largest absolute Gasteiger partial charge is 0.480 e. The fourth-order valence-electron chi connectivity index (χ4n) is 4.98. The van der Waals surface area contributed by atoms with E-state index in [0.717, 1.165) is 0 Å². The number of alkyl carbamates (subject to hydrolysis) is 1. The van der Waals surface area contributed by atoms with Crippen LogP contribution >= 0.6 is 0 Å². The van der Waals surface area contributed by atoms with Crippen molar-refractivity contribution in [1.29, 1.82) is 0 Å². The molecule has 1 saturated heterocycles. The average molecular weight is 480 g/mol. The maximum Gasteiger partial charge on any atom is 0.407 e. The van der Waals surface area contributed by atoms with Crippen molar-refractivity contribution in [3.63, 3.8) is 0 Å². The molecule has 0 bridgehead atoms. The number of hydrogen-bond acceptors (Lipinski definition) is 5. The Morgan fingerprint density at radius 3 is 2.20 bits per heavy atom. The first kappa shape index (κ1) is 24.7. The minimum atomic E-state index is -0.845. The van der Waals surface area contributed by atoms with E-state index in [4.69, 9.17) is 9.84 Å². The van der Waals surface area contributed by atoms with Crippen LogP contribution < -0.4 is 5.32 Å². The Balaban J connectivity index is 1.17. The van der Waals surface area contributed by atoms with Crippen molar-refractivity contribution in [2.24, 2.45) is 0 Å². The van der Waals surface area contributed by atoms with Crippen molar-refractivity contribution in [2.75, 3.05) is 39.3 Å². The molecular formula is C27H33N3O5. The predicted molar refractivity (Wildman–Crippen MR) is 132 cm³/mol. The van der Waals surface area contributed by atoms with Crippen molar-refractivity contribution in [3.8, 4) is 11.1 Å². The van der Waals surface area contributed by atoms with Gasteiger partial charge in [-0.1, -0.05) is 48.5 Å². The molecular weight excluding hydrogens is 446 g/mol. The Hall–Kier alpha value is -3.39. The minimum Gasteiger partial charge on any atom is -0.480 e. The van der Waals surface area contributed by atoms with Crippen LogP contribution in [-0.4, -0.2) is 78.2 Å². The summed E-state index contributed by atoms with van der Waals surface area (Å²) in [7, 11) is 0. The fraction of sp³-hybridized carbons (Fsp3) is 0.444. The standard InChI is InChI=1S/C27H33N3O5/c1-19(7-6-12-25(31)30-15-13-29(14-16-30)17-26(32)33)28-27(34)35-18-24-22-10-4-2-8-20(22)21-9-3-5-11-23(21)24/h2-5,8-11,19,24H,6-7,12-18H2,1H3,(H,28,34)(H,32,33). The number of carbonyl (C=O) groups is 3. The molecule has 2 amide bonds. The maximum atomic E-state index is 12.5.